The lowest BCUT2D eigenvalue weighted by Crippen LogP contribution is -2.31. The van der Waals surface area contributed by atoms with Gasteiger partial charge in [-0.15, -0.1) is 0 Å². The molecule has 106 valence electrons. The molecule has 0 heterocycles. The Balaban J connectivity index is 2.14. The second-order valence-electron chi connectivity index (χ2n) is 4.25. The van der Waals surface area contributed by atoms with Gasteiger partial charge in [-0.05, 0) is 25.7 Å². The second kappa shape index (κ2) is 8.44. The van der Waals surface area contributed by atoms with E-state index in [9.17, 15) is 10.1 Å². The fraction of sp³-hybridized carbons (Fsp3) is 0.538. The largest absolute Gasteiger partial charge is 0.492 e. The molecule has 1 aromatic carbocycles. The monoisotopic (exact) mass is 267 g/mol. The minimum atomic E-state index is -0.421. The summed E-state index contributed by atoms with van der Waals surface area (Å²) in [5.41, 5.74) is 0.0769. The SMILES string of the molecule is CCN(C)CCNCCOc1ccc([N+](=O)[O-])cc1. The van der Waals surface area contributed by atoms with Crippen LogP contribution in [0.4, 0.5) is 5.69 Å². The van der Waals surface area contributed by atoms with Crippen LogP contribution in [0.15, 0.2) is 24.3 Å². The number of nitrogens with zero attached hydrogens (tertiary/aromatic N) is 2. The van der Waals surface area contributed by atoms with Gasteiger partial charge in [0.2, 0.25) is 0 Å². The number of rotatable bonds is 9. The molecule has 6 nitrogen and oxygen atoms in total. The Bertz CT molecular complexity index is 381. The van der Waals surface area contributed by atoms with Gasteiger partial charge in [0.25, 0.3) is 5.69 Å². The van der Waals surface area contributed by atoms with Crippen molar-refractivity contribution in [2.75, 3.05) is 39.8 Å². The molecule has 1 N–H and O–H groups in total. The van der Waals surface area contributed by atoms with Crippen LogP contribution in [0.3, 0.4) is 0 Å². The Hall–Kier alpha value is -1.66. The first-order chi connectivity index (χ1) is 9.13. The van der Waals surface area contributed by atoms with E-state index in [0.29, 0.717) is 12.4 Å². The van der Waals surface area contributed by atoms with E-state index in [1.54, 1.807) is 12.1 Å². The zero-order valence-electron chi connectivity index (χ0n) is 11.5. The standard InChI is InChI=1S/C13H21N3O3/c1-3-15(2)10-8-14-9-11-19-13-6-4-12(5-7-13)16(17)18/h4-7,14H,3,8-11H2,1-2H3. The first kappa shape index (κ1) is 15.4. The molecule has 0 unspecified atom stereocenters. The van der Waals surface area contributed by atoms with E-state index >= 15 is 0 Å². The summed E-state index contributed by atoms with van der Waals surface area (Å²) in [5.74, 6) is 0.651. The number of nitro benzene ring substituents is 1. The molecule has 0 saturated heterocycles. The summed E-state index contributed by atoms with van der Waals surface area (Å²) in [6.07, 6.45) is 0. The summed E-state index contributed by atoms with van der Waals surface area (Å²) in [4.78, 5) is 12.3. The summed E-state index contributed by atoms with van der Waals surface area (Å²) in [5, 5.41) is 13.8. The third kappa shape index (κ3) is 6.17. The highest BCUT2D eigenvalue weighted by Crippen LogP contribution is 2.16. The zero-order valence-corrected chi connectivity index (χ0v) is 11.5. The maximum absolute atomic E-state index is 10.5. The van der Waals surface area contributed by atoms with E-state index in [1.807, 2.05) is 0 Å². The van der Waals surface area contributed by atoms with Crippen molar-refractivity contribution in [2.24, 2.45) is 0 Å². The van der Waals surface area contributed by atoms with Crippen LogP contribution in [0.2, 0.25) is 0 Å². The molecular formula is C13H21N3O3. The van der Waals surface area contributed by atoms with E-state index in [1.165, 1.54) is 12.1 Å². The van der Waals surface area contributed by atoms with Crippen molar-refractivity contribution in [3.05, 3.63) is 34.4 Å². The summed E-state index contributed by atoms with van der Waals surface area (Å²) < 4.78 is 5.48. The van der Waals surface area contributed by atoms with E-state index in [-0.39, 0.29) is 5.69 Å². The molecule has 0 fully saturated rings. The van der Waals surface area contributed by atoms with Crippen LogP contribution in [0.5, 0.6) is 5.75 Å². The first-order valence-corrected chi connectivity index (χ1v) is 6.40. The van der Waals surface area contributed by atoms with Gasteiger partial charge in [0.1, 0.15) is 12.4 Å². The summed E-state index contributed by atoms with van der Waals surface area (Å²) in [7, 11) is 2.08. The molecule has 0 saturated carbocycles. The molecule has 0 amide bonds. The first-order valence-electron chi connectivity index (χ1n) is 6.40. The van der Waals surface area contributed by atoms with Gasteiger partial charge >= 0.3 is 0 Å². The Kier molecular flexibility index (Phi) is 6.84. The minimum Gasteiger partial charge on any atom is -0.492 e. The number of ether oxygens (including phenoxy) is 1. The summed E-state index contributed by atoms with van der Waals surface area (Å²) in [6.45, 7) is 6.41. The Morgan fingerprint density at radius 1 is 1.32 bits per heavy atom. The highest BCUT2D eigenvalue weighted by atomic mass is 16.6. The van der Waals surface area contributed by atoms with Crippen molar-refractivity contribution < 1.29 is 9.66 Å². The summed E-state index contributed by atoms with van der Waals surface area (Å²) >= 11 is 0. The quantitative estimate of drug-likeness (QED) is 0.417. The zero-order chi connectivity index (χ0) is 14.1. The average Bonchev–Trinajstić information content (AvgIpc) is 2.42. The van der Waals surface area contributed by atoms with Gasteiger partial charge in [-0.25, -0.2) is 0 Å². The Labute approximate surface area is 113 Å². The molecule has 0 aliphatic heterocycles. The fourth-order valence-corrected chi connectivity index (χ4v) is 1.46. The molecule has 1 aromatic rings. The van der Waals surface area contributed by atoms with Crippen molar-refractivity contribution in [2.45, 2.75) is 6.92 Å². The van der Waals surface area contributed by atoms with Crippen LogP contribution in [-0.4, -0.2) is 49.7 Å². The smallest absolute Gasteiger partial charge is 0.269 e. The molecule has 0 spiro atoms. The van der Waals surface area contributed by atoms with E-state index < -0.39 is 4.92 Å². The number of hydrogen-bond acceptors (Lipinski definition) is 5. The maximum atomic E-state index is 10.5. The third-order valence-corrected chi connectivity index (χ3v) is 2.81. The van der Waals surface area contributed by atoms with Crippen molar-refractivity contribution in [3.8, 4) is 5.75 Å². The lowest BCUT2D eigenvalue weighted by molar-refractivity contribution is -0.384. The number of likely N-dealkylation sites (N-methyl/N-ethyl adjacent to an activating group) is 1. The maximum Gasteiger partial charge on any atom is 0.269 e. The number of hydrogen-bond donors (Lipinski definition) is 1. The van der Waals surface area contributed by atoms with Gasteiger partial charge in [0.15, 0.2) is 0 Å². The number of nitrogens with one attached hydrogen (secondary N) is 1. The molecule has 19 heavy (non-hydrogen) atoms. The normalized spacial score (nSPS) is 10.7. The lowest BCUT2D eigenvalue weighted by Gasteiger charge is -2.14. The number of nitro groups is 1. The van der Waals surface area contributed by atoms with E-state index in [0.717, 1.165) is 26.2 Å². The van der Waals surface area contributed by atoms with Crippen LogP contribution in [0.25, 0.3) is 0 Å². The molecule has 0 radical (unpaired) electrons. The van der Waals surface area contributed by atoms with Gasteiger partial charge in [-0.3, -0.25) is 10.1 Å². The molecule has 0 aromatic heterocycles. The van der Waals surface area contributed by atoms with Gasteiger partial charge in [0, 0.05) is 31.8 Å². The van der Waals surface area contributed by atoms with E-state index in [2.05, 4.69) is 24.2 Å². The van der Waals surface area contributed by atoms with Crippen molar-refractivity contribution in [1.82, 2.24) is 10.2 Å². The van der Waals surface area contributed by atoms with Crippen LogP contribution in [-0.2, 0) is 0 Å². The Morgan fingerprint density at radius 3 is 2.58 bits per heavy atom. The molecule has 1 rings (SSSR count). The van der Waals surface area contributed by atoms with Gasteiger partial charge < -0.3 is 15.0 Å². The predicted octanol–water partition coefficient (Wildman–Crippen LogP) is 1.51. The minimum absolute atomic E-state index is 0.0769. The number of benzene rings is 1. The molecule has 0 atom stereocenters. The summed E-state index contributed by atoms with van der Waals surface area (Å²) in [6, 6.07) is 6.12. The highest BCUT2D eigenvalue weighted by molar-refractivity contribution is 5.35. The van der Waals surface area contributed by atoms with Crippen LogP contribution < -0.4 is 10.1 Å². The second-order valence-corrected chi connectivity index (χ2v) is 4.25. The van der Waals surface area contributed by atoms with Gasteiger partial charge in [-0.1, -0.05) is 6.92 Å². The average molecular weight is 267 g/mol. The van der Waals surface area contributed by atoms with Crippen molar-refractivity contribution >= 4 is 5.69 Å². The molecular weight excluding hydrogens is 246 g/mol. The van der Waals surface area contributed by atoms with Crippen molar-refractivity contribution in [1.29, 1.82) is 0 Å². The molecule has 6 heteroatoms. The molecule has 0 aliphatic carbocycles. The third-order valence-electron chi connectivity index (χ3n) is 2.81. The van der Waals surface area contributed by atoms with Gasteiger partial charge in [-0.2, -0.15) is 0 Å². The van der Waals surface area contributed by atoms with Crippen LogP contribution in [0, 0.1) is 10.1 Å². The molecule has 0 aliphatic rings. The van der Waals surface area contributed by atoms with E-state index in [4.69, 9.17) is 4.74 Å². The fourth-order valence-electron chi connectivity index (χ4n) is 1.46. The number of non-ortho nitro benzene ring substituents is 1. The van der Waals surface area contributed by atoms with Crippen LogP contribution >= 0.6 is 0 Å². The van der Waals surface area contributed by atoms with Crippen molar-refractivity contribution in [3.63, 3.8) is 0 Å². The van der Waals surface area contributed by atoms with Gasteiger partial charge in [0.05, 0.1) is 4.92 Å². The van der Waals surface area contributed by atoms with Crippen LogP contribution in [0.1, 0.15) is 6.92 Å². The Morgan fingerprint density at radius 2 is 2.00 bits per heavy atom. The molecule has 0 bridgehead atoms. The predicted molar refractivity (Wildman–Crippen MR) is 74.6 cm³/mol. The topological polar surface area (TPSA) is 67.6 Å². The highest BCUT2D eigenvalue weighted by Gasteiger charge is 2.03. The lowest BCUT2D eigenvalue weighted by atomic mass is 10.3.